The van der Waals surface area contributed by atoms with E-state index in [2.05, 4.69) is 13.8 Å². The Morgan fingerprint density at radius 1 is 0.867 bits per heavy atom. The summed E-state index contributed by atoms with van der Waals surface area (Å²) in [6, 6.07) is 0. The first-order chi connectivity index (χ1) is 7.33. The van der Waals surface area contributed by atoms with E-state index in [1.165, 1.54) is 44.9 Å². The fraction of sp³-hybridized carbons (Fsp3) is 1.00. The molecule has 4 unspecified atom stereocenters. The molecular formula is C15H28. The molecule has 0 heterocycles. The van der Waals surface area contributed by atoms with Gasteiger partial charge in [-0.1, -0.05) is 71.6 Å². The average Bonchev–Trinajstić information content (AvgIpc) is 2.54. The second-order valence-corrected chi connectivity index (χ2v) is 6.05. The maximum atomic E-state index is 2.54. The van der Waals surface area contributed by atoms with Crippen LogP contribution in [0.4, 0.5) is 0 Å². The fourth-order valence-electron chi connectivity index (χ4n) is 4.39. The van der Waals surface area contributed by atoms with E-state index in [0.29, 0.717) is 0 Å². The van der Waals surface area contributed by atoms with Crippen molar-refractivity contribution in [3.05, 3.63) is 0 Å². The van der Waals surface area contributed by atoms with Crippen molar-refractivity contribution in [3.8, 4) is 0 Å². The van der Waals surface area contributed by atoms with Crippen LogP contribution >= 0.6 is 0 Å². The van der Waals surface area contributed by atoms with Crippen molar-refractivity contribution in [1.29, 1.82) is 0 Å². The van der Waals surface area contributed by atoms with E-state index >= 15 is 0 Å². The van der Waals surface area contributed by atoms with Crippen LogP contribution in [0.5, 0.6) is 0 Å². The molecule has 0 spiro atoms. The highest BCUT2D eigenvalue weighted by Crippen LogP contribution is 2.45. The lowest BCUT2D eigenvalue weighted by Gasteiger charge is -2.34. The van der Waals surface area contributed by atoms with Gasteiger partial charge in [0, 0.05) is 0 Å². The molecule has 2 aliphatic rings. The molecule has 15 heavy (non-hydrogen) atoms. The number of fused-ring (bicyclic) bond motifs is 1. The second kappa shape index (κ2) is 5.37. The van der Waals surface area contributed by atoms with Crippen LogP contribution in [0.25, 0.3) is 0 Å². The van der Waals surface area contributed by atoms with E-state index in [0.717, 1.165) is 23.7 Å². The van der Waals surface area contributed by atoms with Gasteiger partial charge < -0.3 is 0 Å². The number of hydrogen-bond donors (Lipinski definition) is 0. The van der Waals surface area contributed by atoms with Gasteiger partial charge in [0.05, 0.1) is 0 Å². The summed E-state index contributed by atoms with van der Waals surface area (Å²) in [5, 5.41) is 0. The molecule has 2 saturated carbocycles. The molecule has 0 aromatic rings. The molecule has 88 valence electrons. The van der Waals surface area contributed by atoms with Gasteiger partial charge in [-0.05, 0) is 23.7 Å². The average molecular weight is 208 g/mol. The highest BCUT2D eigenvalue weighted by molar-refractivity contribution is 4.85. The highest BCUT2D eigenvalue weighted by atomic mass is 14.4. The zero-order chi connectivity index (χ0) is 10.7. The Kier molecular flexibility index (Phi) is 4.11. The van der Waals surface area contributed by atoms with Gasteiger partial charge >= 0.3 is 0 Å². The molecule has 2 rings (SSSR count). The molecule has 0 nitrogen and oxygen atoms in total. The van der Waals surface area contributed by atoms with Crippen LogP contribution in [0.3, 0.4) is 0 Å². The predicted octanol–water partition coefficient (Wildman–Crippen LogP) is 5.03. The van der Waals surface area contributed by atoms with Gasteiger partial charge in [0.15, 0.2) is 0 Å². The van der Waals surface area contributed by atoms with Crippen molar-refractivity contribution >= 4 is 0 Å². The van der Waals surface area contributed by atoms with Gasteiger partial charge in [0.25, 0.3) is 0 Å². The van der Waals surface area contributed by atoms with Crippen molar-refractivity contribution in [2.45, 2.75) is 71.6 Å². The summed E-state index contributed by atoms with van der Waals surface area (Å²) in [6.07, 6.45) is 13.6. The Balaban J connectivity index is 2.13. The molecule has 0 heteroatoms. The highest BCUT2D eigenvalue weighted by Gasteiger charge is 2.35. The molecule has 0 amide bonds. The molecule has 2 fully saturated rings. The van der Waals surface area contributed by atoms with Crippen LogP contribution in [0, 0.1) is 23.7 Å². The first kappa shape index (κ1) is 11.5. The standard InChI is InChI=1S/C15H28/c1-3-13-9-6-7-11-14-10-5-4-8-12(2)15(13)14/h12-15H,3-11H2,1-2H3. The van der Waals surface area contributed by atoms with E-state index in [4.69, 9.17) is 0 Å². The summed E-state index contributed by atoms with van der Waals surface area (Å²) in [4.78, 5) is 0. The molecule has 4 atom stereocenters. The monoisotopic (exact) mass is 208 g/mol. The van der Waals surface area contributed by atoms with Crippen LogP contribution < -0.4 is 0 Å². The maximum absolute atomic E-state index is 2.54. The van der Waals surface area contributed by atoms with Crippen LogP contribution in [0.1, 0.15) is 71.6 Å². The molecular weight excluding hydrogens is 180 g/mol. The van der Waals surface area contributed by atoms with Gasteiger partial charge in [0.2, 0.25) is 0 Å². The van der Waals surface area contributed by atoms with E-state index in [-0.39, 0.29) is 0 Å². The van der Waals surface area contributed by atoms with Gasteiger partial charge in [-0.25, -0.2) is 0 Å². The summed E-state index contributed by atoms with van der Waals surface area (Å²) < 4.78 is 0. The van der Waals surface area contributed by atoms with E-state index in [1.54, 1.807) is 12.8 Å². The van der Waals surface area contributed by atoms with Crippen molar-refractivity contribution in [3.63, 3.8) is 0 Å². The lowest BCUT2D eigenvalue weighted by Crippen LogP contribution is -2.26. The minimum absolute atomic E-state index is 1.01. The SMILES string of the molecule is CCC1CCCCC2CCCCC(C)C12. The van der Waals surface area contributed by atoms with E-state index < -0.39 is 0 Å². The molecule has 0 aliphatic heterocycles. The smallest absolute Gasteiger partial charge is 0.0332 e. The van der Waals surface area contributed by atoms with Crippen molar-refractivity contribution < 1.29 is 0 Å². The third kappa shape index (κ3) is 2.57. The molecule has 0 N–H and O–H groups in total. The first-order valence-electron chi connectivity index (χ1n) is 7.33. The van der Waals surface area contributed by atoms with Gasteiger partial charge in [-0.3, -0.25) is 0 Å². The van der Waals surface area contributed by atoms with Gasteiger partial charge in [-0.2, -0.15) is 0 Å². The van der Waals surface area contributed by atoms with Gasteiger partial charge in [-0.15, -0.1) is 0 Å². The van der Waals surface area contributed by atoms with Crippen molar-refractivity contribution in [2.24, 2.45) is 23.7 Å². The zero-order valence-corrected chi connectivity index (χ0v) is 10.7. The maximum Gasteiger partial charge on any atom is -0.0332 e. The predicted molar refractivity (Wildman–Crippen MR) is 66.9 cm³/mol. The summed E-state index contributed by atoms with van der Waals surface area (Å²) >= 11 is 0. The summed E-state index contributed by atoms with van der Waals surface area (Å²) in [7, 11) is 0. The normalized spacial score (nSPS) is 42.8. The topological polar surface area (TPSA) is 0 Å². The quantitative estimate of drug-likeness (QED) is 0.567. The lowest BCUT2D eigenvalue weighted by molar-refractivity contribution is 0.153. The Bertz CT molecular complexity index is 182. The Labute approximate surface area is 95.8 Å². The number of hydrogen-bond acceptors (Lipinski definition) is 0. The third-order valence-electron chi connectivity index (χ3n) is 5.15. The molecule has 0 aromatic carbocycles. The van der Waals surface area contributed by atoms with Crippen LogP contribution in [0.15, 0.2) is 0 Å². The summed E-state index contributed by atoms with van der Waals surface area (Å²) in [5.41, 5.74) is 0. The Hall–Kier alpha value is 0. The van der Waals surface area contributed by atoms with E-state index in [1.807, 2.05) is 0 Å². The van der Waals surface area contributed by atoms with E-state index in [9.17, 15) is 0 Å². The van der Waals surface area contributed by atoms with Gasteiger partial charge in [0.1, 0.15) is 0 Å². The number of rotatable bonds is 1. The minimum atomic E-state index is 1.01. The minimum Gasteiger partial charge on any atom is -0.0651 e. The summed E-state index contributed by atoms with van der Waals surface area (Å²) in [6.45, 7) is 4.96. The first-order valence-corrected chi connectivity index (χ1v) is 7.33. The van der Waals surface area contributed by atoms with Crippen LogP contribution in [-0.2, 0) is 0 Å². The largest absolute Gasteiger partial charge is 0.0651 e. The lowest BCUT2D eigenvalue weighted by atomic mass is 9.71. The molecule has 0 saturated heterocycles. The van der Waals surface area contributed by atoms with Crippen molar-refractivity contribution in [1.82, 2.24) is 0 Å². The van der Waals surface area contributed by atoms with Crippen molar-refractivity contribution in [2.75, 3.05) is 0 Å². The zero-order valence-electron chi connectivity index (χ0n) is 10.7. The molecule has 0 bridgehead atoms. The van der Waals surface area contributed by atoms with Crippen LogP contribution in [0.2, 0.25) is 0 Å². The Morgan fingerprint density at radius 3 is 2.13 bits per heavy atom. The fourth-order valence-corrected chi connectivity index (χ4v) is 4.39. The molecule has 2 aliphatic carbocycles. The molecule has 0 aromatic heterocycles. The third-order valence-corrected chi connectivity index (χ3v) is 5.15. The second-order valence-electron chi connectivity index (χ2n) is 6.05. The summed E-state index contributed by atoms with van der Waals surface area (Å²) in [5.74, 6) is 4.25. The van der Waals surface area contributed by atoms with Crippen LogP contribution in [-0.4, -0.2) is 0 Å². The molecule has 0 radical (unpaired) electrons. The Morgan fingerprint density at radius 2 is 1.47 bits per heavy atom.